The van der Waals surface area contributed by atoms with Gasteiger partial charge in [0.1, 0.15) is 0 Å². The van der Waals surface area contributed by atoms with Crippen LogP contribution in [-0.4, -0.2) is 57.8 Å². The Morgan fingerprint density at radius 1 is 1.03 bits per heavy atom. The Labute approximate surface area is 220 Å². The standard InChI is InChI=1S/C30H29N5O3/c1-18-27(32-19(2)28(18)30(37)34-11-13-38-14-12-34)16-24-23-15-21(9-10-26(23)33-29(24)36)25-17-31-35(20(25)3)22-7-5-4-6-8-22/h4-10,15-17,32H,11-14H2,1-3H3,(H,33,36). The van der Waals surface area contributed by atoms with Crippen molar-refractivity contribution in [1.29, 1.82) is 0 Å². The quantitative estimate of drug-likeness (QED) is 0.390. The smallest absolute Gasteiger partial charge is 0.256 e. The summed E-state index contributed by atoms with van der Waals surface area (Å²) < 4.78 is 7.31. The highest BCUT2D eigenvalue weighted by Crippen LogP contribution is 2.38. The van der Waals surface area contributed by atoms with Crippen LogP contribution in [0.2, 0.25) is 0 Å². The highest BCUT2D eigenvalue weighted by molar-refractivity contribution is 6.35. The van der Waals surface area contributed by atoms with Gasteiger partial charge >= 0.3 is 0 Å². The zero-order valence-corrected chi connectivity index (χ0v) is 21.7. The lowest BCUT2D eigenvalue weighted by Crippen LogP contribution is -2.41. The summed E-state index contributed by atoms with van der Waals surface area (Å²) in [6, 6.07) is 16.0. The van der Waals surface area contributed by atoms with Crippen molar-refractivity contribution in [3.8, 4) is 16.8 Å². The molecule has 8 heteroatoms. The Kier molecular flexibility index (Phi) is 5.96. The Bertz CT molecular complexity index is 1590. The van der Waals surface area contributed by atoms with Crippen molar-refractivity contribution >= 4 is 29.2 Å². The first-order valence-electron chi connectivity index (χ1n) is 12.8. The molecule has 8 nitrogen and oxygen atoms in total. The van der Waals surface area contributed by atoms with Crippen molar-refractivity contribution in [2.24, 2.45) is 0 Å². The highest BCUT2D eigenvalue weighted by atomic mass is 16.5. The maximum absolute atomic E-state index is 13.2. The van der Waals surface area contributed by atoms with E-state index in [1.54, 1.807) is 0 Å². The third-order valence-electron chi connectivity index (χ3n) is 7.40. The Morgan fingerprint density at radius 3 is 2.55 bits per heavy atom. The van der Waals surface area contributed by atoms with Crippen molar-refractivity contribution in [2.45, 2.75) is 20.8 Å². The molecule has 2 N–H and O–H groups in total. The fourth-order valence-electron chi connectivity index (χ4n) is 5.33. The van der Waals surface area contributed by atoms with Crippen LogP contribution in [0.4, 0.5) is 5.69 Å². The van der Waals surface area contributed by atoms with Crippen LogP contribution in [0, 0.1) is 20.8 Å². The van der Waals surface area contributed by atoms with Gasteiger partial charge in [-0.25, -0.2) is 4.68 Å². The number of aromatic nitrogens is 3. The number of benzene rings is 2. The van der Waals surface area contributed by atoms with E-state index in [0.29, 0.717) is 37.4 Å². The molecular formula is C30H29N5O3. The second-order valence-corrected chi connectivity index (χ2v) is 9.73. The summed E-state index contributed by atoms with van der Waals surface area (Å²) >= 11 is 0. The molecule has 6 rings (SSSR count). The lowest BCUT2D eigenvalue weighted by molar-refractivity contribution is -0.110. The van der Waals surface area contributed by atoms with E-state index in [1.165, 1.54) is 0 Å². The van der Waals surface area contributed by atoms with Crippen LogP contribution in [-0.2, 0) is 9.53 Å². The third kappa shape index (κ3) is 4.03. The number of hydrogen-bond donors (Lipinski definition) is 2. The van der Waals surface area contributed by atoms with Crippen molar-refractivity contribution < 1.29 is 14.3 Å². The number of amides is 2. The summed E-state index contributed by atoms with van der Waals surface area (Å²) in [5, 5.41) is 7.58. The minimum atomic E-state index is -0.165. The lowest BCUT2D eigenvalue weighted by atomic mass is 9.98. The number of morpholine rings is 1. The van der Waals surface area contributed by atoms with Gasteiger partial charge in [0.25, 0.3) is 11.8 Å². The molecule has 0 spiro atoms. The first-order chi connectivity index (χ1) is 18.4. The van der Waals surface area contributed by atoms with Gasteiger partial charge in [0.2, 0.25) is 0 Å². The van der Waals surface area contributed by atoms with Gasteiger partial charge in [-0.1, -0.05) is 24.3 Å². The molecule has 2 aliphatic rings. The van der Waals surface area contributed by atoms with Crippen LogP contribution >= 0.6 is 0 Å². The number of nitrogens with zero attached hydrogens (tertiary/aromatic N) is 3. The number of anilines is 1. The Morgan fingerprint density at radius 2 is 1.79 bits per heavy atom. The van der Waals surface area contributed by atoms with E-state index in [0.717, 1.165) is 50.7 Å². The average molecular weight is 508 g/mol. The maximum atomic E-state index is 13.2. The molecule has 192 valence electrons. The molecule has 2 aromatic carbocycles. The van der Waals surface area contributed by atoms with Crippen molar-refractivity contribution in [2.75, 3.05) is 31.6 Å². The van der Waals surface area contributed by atoms with Gasteiger partial charge in [0.15, 0.2) is 0 Å². The number of hydrogen-bond acceptors (Lipinski definition) is 4. The highest BCUT2D eigenvalue weighted by Gasteiger charge is 2.28. The number of para-hydroxylation sites is 1. The van der Waals surface area contributed by atoms with Gasteiger partial charge in [0.05, 0.1) is 36.2 Å². The summed E-state index contributed by atoms with van der Waals surface area (Å²) in [5.74, 6) is -0.171. The zero-order chi connectivity index (χ0) is 26.4. The van der Waals surface area contributed by atoms with E-state index in [2.05, 4.69) is 15.4 Å². The lowest BCUT2D eigenvalue weighted by Gasteiger charge is -2.27. The largest absolute Gasteiger partial charge is 0.378 e. The Hall–Kier alpha value is -4.43. The van der Waals surface area contributed by atoms with E-state index in [-0.39, 0.29) is 11.8 Å². The number of rotatable bonds is 4. The number of ether oxygens (including phenoxy) is 1. The summed E-state index contributed by atoms with van der Waals surface area (Å²) in [7, 11) is 0. The number of carbonyl (C=O) groups is 2. The second kappa shape index (κ2) is 9.46. The molecule has 0 radical (unpaired) electrons. The summed E-state index contributed by atoms with van der Waals surface area (Å²) in [6.45, 7) is 8.13. The molecule has 2 aliphatic heterocycles. The van der Waals surface area contributed by atoms with Crippen LogP contribution in [0.3, 0.4) is 0 Å². The first kappa shape index (κ1) is 23.9. The predicted octanol–water partition coefficient (Wildman–Crippen LogP) is 4.76. The molecule has 2 aromatic heterocycles. The molecule has 0 bridgehead atoms. The average Bonchev–Trinajstić information content (AvgIpc) is 3.56. The van der Waals surface area contributed by atoms with Gasteiger partial charge < -0.3 is 19.9 Å². The molecule has 1 saturated heterocycles. The van der Waals surface area contributed by atoms with Crippen LogP contribution in [0.5, 0.6) is 0 Å². The van der Waals surface area contributed by atoms with Crippen molar-refractivity contribution in [3.63, 3.8) is 0 Å². The molecular weight excluding hydrogens is 478 g/mol. The minimum Gasteiger partial charge on any atom is -0.378 e. The van der Waals surface area contributed by atoms with Gasteiger partial charge in [-0.15, -0.1) is 0 Å². The van der Waals surface area contributed by atoms with E-state index in [4.69, 9.17) is 4.74 Å². The SMILES string of the molecule is Cc1[nH]c(C=C2C(=O)Nc3ccc(-c4cnn(-c5ccccc5)c4C)cc32)c(C)c1C(=O)N1CCOCC1. The van der Waals surface area contributed by atoms with Crippen molar-refractivity contribution in [1.82, 2.24) is 19.7 Å². The third-order valence-corrected chi connectivity index (χ3v) is 7.40. The van der Waals surface area contributed by atoms with Crippen LogP contribution in [0.15, 0.2) is 54.7 Å². The fourth-order valence-corrected chi connectivity index (χ4v) is 5.33. The topological polar surface area (TPSA) is 92.2 Å². The number of aryl methyl sites for hydroxylation is 1. The normalized spacial score (nSPS) is 16.1. The Balaban J connectivity index is 1.36. The first-order valence-corrected chi connectivity index (χ1v) is 12.8. The molecule has 0 atom stereocenters. The van der Waals surface area contributed by atoms with E-state index in [1.807, 2.05) is 91.2 Å². The molecule has 4 heterocycles. The minimum absolute atomic E-state index is 0.00587. The summed E-state index contributed by atoms with van der Waals surface area (Å²) in [5.41, 5.74) is 9.20. The number of nitrogens with one attached hydrogen (secondary N) is 2. The zero-order valence-electron chi connectivity index (χ0n) is 21.7. The number of carbonyl (C=O) groups excluding carboxylic acids is 2. The predicted molar refractivity (Wildman–Crippen MR) is 147 cm³/mol. The molecule has 1 fully saturated rings. The van der Waals surface area contributed by atoms with Crippen molar-refractivity contribution in [3.05, 3.63) is 88.5 Å². The van der Waals surface area contributed by atoms with E-state index >= 15 is 0 Å². The molecule has 2 amide bonds. The van der Waals surface area contributed by atoms with E-state index in [9.17, 15) is 9.59 Å². The van der Waals surface area contributed by atoms with Gasteiger partial charge in [-0.05, 0) is 62.2 Å². The maximum Gasteiger partial charge on any atom is 0.256 e. The van der Waals surface area contributed by atoms with Gasteiger partial charge in [0, 0.05) is 47.0 Å². The van der Waals surface area contributed by atoms with Gasteiger partial charge in [-0.3, -0.25) is 9.59 Å². The van der Waals surface area contributed by atoms with Crippen LogP contribution in [0.1, 0.15) is 38.6 Å². The molecule has 0 unspecified atom stereocenters. The second-order valence-electron chi connectivity index (χ2n) is 9.73. The number of H-pyrrole nitrogens is 1. The molecule has 38 heavy (non-hydrogen) atoms. The van der Waals surface area contributed by atoms with Gasteiger partial charge in [-0.2, -0.15) is 5.10 Å². The van der Waals surface area contributed by atoms with E-state index < -0.39 is 0 Å². The van der Waals surface area contributed by atoms with Crippen LogP contribution < -0.4 is 5.32 Å². The fraction of sp³-hybridized carbons (Fsp3) is 0.233. The molecule has 0 aliphatic carbocycles. The van der Waals surface area contributed by atoms with Crippen LogP contribution in [0.25, 0.3) is 28.5 Å². The summed E-state index contributed by atoms with van der Waals surface area (Å²) in [4.78, 5) is 31.4. The molecule has 4 aromatic rings. The summed E-state index contributed by atoms with van der Waals surface area (Å²) in [6.07, 6.45) is 3.71. The monoisotopic (exact) mass is 507 g/mol. The number of fused-ring (bicyclic) bond motifs is 1. The number of aromatic amines is 1. The molecule has 0 saturated carbocycles.